The van der Waals surface area contributed by atoms with E-state index < -0.39 is 28.7 Å². The largest absolute Gasteiger partial charge is 0.466 e. The Hall–Kier alpha value is -1.54. The Balaban J connectivity index is 2.10. The molecule has 3 fully saturated rings. The normalized spacial score (nSPS) is 31.9. The molecule has 1 spiro atoms. The van der Waals surface area contributed by atoms with E-state index in [1.165, 1.54) is 0 Å². The zero-order chi connectivity index (χ0) is 23.8. The molecule has 0 saturated carbocycles. The first kappa shape index (κ1) is 25.1. The van der Waals surface area contributed by atoms with Gasteiger partial charge in [-0.3, -0.25) is 14.4 Å². The fraction of sp³-hybridized carbons (Fsp3) is 0.792. The van der Waals surface area contributed by atoms with Gasteiger partial charge in [-0.1, -0.05) is 19.9 Å². The summed E-state index contributed by atoms with van der Waals surface area (Å²) < 4.78 is 4.70. The molecule has 0 aromatic carbocycles. The number of hydrogen-bond donors (Lipinski definition) is 1. The summed E-state index contributed by atoms with van der Waals surface area (Å²) in [6, 6.07) is -1.22. The molecule has 3 rings (SSSR count). The molecule has 8 heteroatoms. The Kier molecular flexibility index (Phi) is 7.65. The average Bonchev–Trinajstić information content (AvgIpc) is 3.37. The number of carbonyl (C=O) groups excluding carboxylic acids is 3. The maximum atomic E-state index is 14.0. The standard InChI is InChI=1S/C24H38N2O5S/c1-7-11-25(15(5)6)22(29)20-24-10-9-17(32-24)18(23(30)31-8-2)19(24)21(28)26(20)16(13-27)12-14(3)4/h7,14-20,27H,1,8-13H2,2-6H3/t16-,17-,18+,19+,20?,24?/m1/s1. The maximum Gasteiger partial charge on any atom is 0.310 e. The predicted molar refractivity (Wildman–Crippen MR) is 125 cm³/mol. The molecule has 2 amide bonds. The minimum Gasteiger partial charge on any atom is -0.466 e. The van der Waals surface area contributed by atoms with Gasteiger partial charge in [0.05, 0.1) is 35.8 Å². The van der Waals surface area contributed by atoms with Crippen LogP contribution < -0.4 is 0 Å². The van der Waals surface area contributed by atoms with Gasteiger partial charge < -0.3 is 19.6 Å². The smallest absolute Gasteiger partial charge is 0.310 e. The minimum absolute atomic E-state index is 0.00923. The topological polar surface area (TPSA) is 87.2 Å². The van der Waals surface area contributed by atoms with E-state index in [2.05, 4.69) is 6.58 Å². The molecule has 3 aliphatic rings. The molecule has 2 bridgehead atoms. The average molecular weight is 467 g/mol. The van der Waals surface area contributed by atoms with Crippen LogP contribution in [0.25, 0.3) is 0 Å². The molecule has 0 aliphatic carbocycles. The highest BCUT2D eigenvalue weighted by atomic mass is 32.2. The molecular formula is C24H38N2O5S. The zero-order valence-electron chi connectivity index (χ0n) is 20.0. The molecule has 2 unspecified atom stereocenters. The number of esters is 1. The van der Waals surface area contributed by atoms with E-state index in [1.54, 1.807) is 34.6 Å². The van der Waals surface area contributed by atoms with Gasteiger partial charge in [0, 0.05) is 17.8 Å². The molecule has 3 heterocycles. The lowest BCUT2D eigenvalue weighted by molar-refractivity contribution is -0.154. The summed E-state index contributed by atoms with van der Waals surface area (Å²) in [5.74, 6) is -1.51. The van der Waals surface area contributed by atoms with Gasteiger partial charge in [-0.05, 0) is 46.0 Å². The molecular weight excluding hydrogens is 428 g/mol. The van der Waals surface area contributed by atoms with Crippen LogP contribution in [-0.4, -0.2) is 80.6 Å². The number of rotatable bonds is 10. The summed E-state index contributed by atoms with van der Waals surface area (Å²) in [4.78, 5) is 44.3. The summed E-state index contributed by atoms with van der Waals surface area (Å²) in [6.07, 6.45) is 3.79. The third-order valence-corrected chi connectivity index (χ3v) is 9.06. The van der Waals surface area contributed by atoms with Crippen LogP contribution in [0.4, 0.5) is 0 Å². The number of carbonyl (C=O) groups is 3. The number of likely N-dealkylation sites (tertiary alicyclic amines) is 1. The van der Waals surface area contributed by atoms with Gasteiger partial charge in [0.1, 0.15) is 6.04 Å². The number of aliphatic hydroxyl groups excluding tert-OH is 1. The molecule has 7 nitrogen and oxygen atoms in total. The third-order valence-electron chi connectivity index (χ3n) is 7.11. The Morgan fingerprint density at radius 3 is 2.59 bits per heavy atom. The number of ether oxygens (including phenoxy) is 1. The van der Waals surface area contributed by atoms with Gasteiger partial charge in [-0.2, -0.15) is 0 Å². The lowest BCUT2D eigenvalue weighted by Crippen LogP contribution is -2.58. The van der Waals surface area contributed by atoms with Crippen LogP contribution in [0, 0.1) is 17.8 Å². The van der Waals surface area contributed by atoms with E-state index in [1.807, 2.05) is 27.7 Å². The predicted octanol–water partition coefficient (Wildman–Crippen LogP) is 2.47. The van der Waals surface area contributed by atoms with Crippen molar-refractivity contribution in [2.24, 2.45) is 17.8 Å². The van der Waals surface area contributed by atoms with Gasteiger partial charge in [0.2, 0.25) is 11.8 Å². The summed E-state index contributed by atoms with van der Waals surface area (Å²) >= 11 is 1.63. The van der Waals surface area contributed by atoms with Crippen molar-refractivity contribution >= 4 is 29.5 Å². The van der Waals surface area contributed by atoms with E-state index in [0.29, 0.717) is 19.4 Å². The van der Waals surface area contributed by atoms with Crippen molar-refractivity contribution < 1.29 is 24.2 Å². The van der Waals surface area contributed by atoms with Gasteiger partial charge in [-0.25, -0.2) is 0 Å². The van der Waals surface area contributed by atoms with Crippen molar-refractivity contribution in [3.05, 3.63) is 12.7 Å². The van der Waals surface area contributed by atoms with E-state index in [9.17, 15) is 19.5 Å². The third kappa shape index (κ3) is 3.98. The van der Waals surface area contributed by atoms with Crippen LogP contribution >= 0.6 is 11.8 Å². The van der Waals surface area contributed by atoms with Crippen molar-refractivity contribution in [3.8, 4) is 0 Å². The summed E-state index contributed by atoms with van der Waals surface area (Å²) in [5, 5.41) is 10.3. The van der Waals surface area contributed by atoms with Gasteiger partial charge in [-0.15, -0.1) is 18.3 Å². The van der Waals surface area contributed by atoms with E-state index in [-0.39, 0.29) is 48.2 Å². The molecule has 180 valence electrons. The first-order valence-electron chi connectivity index (χ1n) is 11.8. The van der Waals surface area contributed by atoms with Crippen LogP contribution in [0.1, 0.15) is 53.9 Å². The Bertz CT molecular complexity index is 757. The molecule has 1 N–H and O–H groups in total. The van der Waals surface area contributed by atoms with Gasteiger partial charge in [0.15, 0.2) is 0 Å². The summed E-state index contributed by atoms with van der Waals surface area (Å²) in [6.45, 7) is 14.0. The highest BCUT2D eigenvalue weighted by Crippen LogP contribution is 2.67. The highest BCUT2D eigenvalue weighted by Gasteiger charge is 2.74. The number of nitrogens with zero attached hydrogens (tertiary/aromatic N) is 2. The fourth-order valence-corrected chi connectivity index (χ4v) is 8.13. The van der Waals surface area contributed by atoms with E-state index in [4.69, 9.17) is 4.74 Å². The molecule has 3 saturated heterocycles. The summed E-state index contributed by atoms with van der Waals surface area (Å²) in [7, 11) is 0. The van der Waals surface area contributed by atoms with Crippen LogP contribution in [0.3, 0.4) is 0 Å². The maximum absolute atomic E-state index is 14.0. The summed E-state index contributed by atoms with van der Waals surface area (Å²) in [5.41, 5.74) is 0. The molecule has 0 radical (unpaired) electrons. The Morgan fingerprint density at radius 2 is 2.06 bits per heavy atom. The number of aliphatic hydroxyl groups is 1. The number of thioether (sulfide) groups is 1. The SMILES string of the molecule is C=CCN(C(=O)C1N([C@@H](CO)CC(C)C)C(=O)[C@@H]2[C@@H](C(=O)OCC)[C@H]3CCC12S3)C(C)C. The van der Waals surface area contributed by atoms with Gasteiger partial charge in [0.25, 0.3) is 0 Å². The second-order valence-corrected chi connectivity index (χ2v) is 11.5. The van der Waals surface area contributed by atoms with Crippen molar-refractivity contribution in [1.29, 1.82) is 0 Å². The molecule has 0 aromatic rings. The Labute approximate surface area is 195 Å². The molecule has 6 atom stereocenters. The highest BCUT2D eigenvalue weighted by molar-refractivity contribution is 8.02. The van der Waals surface area contributed by atoms with E-state index >= 15 is 0 Å². The quantitative estimate of drug-likeness (QED) is 0.393. The second kappa shape index (κ2) is 9.75. The van der Waals surface area contributed by atoms with Crippen molar-refractivity contribution in [1.82, 2.24) is 9.80 Å². The van der Waals surface area contributed by atoms with Crippen molar-refractivity contribution in [2.75, 3.05) is 19.8 Å². The zero-order valence-corrected chi connectivity index (χ0v) is 20.8. The monoisotopic (exact) mass is 466 g/mol. The molecule has 3 aliphatic heterocycles. The minimum atomic E-state index is -0.701. The van der Waals surface area contributed by atoms with Crippen LogP contribution in [0.2, 0.25) is 0 Å². The molecule has 32 heavy (non-hydrogen) atoms. The van der Waals surface area contributed by atoms with Crippen molar-refractivity contribution in [3.63, 3.8) is 0 Å². The first-order valence-corrected chi connectivity index (χ1v) is 12.7. The Morgan fingerprint density at radius 1 is 1.38 bits per heavy atom. The number of amides is 2. The first-order chi connectivity index (χ1) is 15.1. The second-order valence-electron chi connectivity index (χ2n) is 9.89. The van der Waals surface area contributed by atoms with E-state index in [0.717, 1.165) is 6.42 Å². The fourth-order valence-electron chi connectivity index (χ4n) is 5.94. The number of fused-ring (bicyclic) bond motifs is 1. The lowest BCUT2D eigenvalue weighted by Gasteiger charge is -2.41. The van der Waals surface area contributed by atoms with Crippen LogP contribution in [0.15, 0.2) is 12.7 Å². The van der Waals surface area contributed by atoms with Gasteiger partial charge >= 0.3 is 5.97 Å². The van der Waals surface area contributed by atoms with Crippen LogP contribution in [0.5, 0.6) is 0 Å². The lowest BCUT2D eigenvalue weighted by atomic mass is 9.71. The number of hydrogen-bond acceptors (Lipinski definition) is 6. The van der Waals surface area contributed by atoms with Crippen molar-refractivity contribution in [2.45, 2.75) is 82.0 Å². The van der Waals surface area contributed by atoms with Crippen LogP contribution in [-0.2, 0) is 19.1 Å². The molecule has 0 aromatic heterocycles.